The van der Waals surface area contributed by atoms with Gasteiger partial charge in [0.15, 0.2) is 0 Å². The maximum atomic E-state index is 7.72. The van der Waals surface area contributed by atoms with Crippen LogP contribution in [0.5, 0.6) is 23.0 Å². The Bertz CT molecular complexity index is 6790. The van der Waals surface area contributed by atoms with Gasteiger partial charge < -0.3 is 29.5 Å². The Morgan fingerprint density at radius 1 is 0.214 bits per heavy atom. The van der Waals surface area contributed by atoms with Gasteiger partial charge in [-0.3, -0.25) is 0 Å². The zero-order chi connectivity index (χ0) is 80.5. The monoisotopic (exact) mass is 1510 g/mol. The van der Waals surface area contributed by atoms with Crippen molar-refractivity contribution in [2.45, 2.75) is 125 Å². The molecule has 0 amide bonds. The molecule has 21 rings (SSSR count). The Hall–Kier alpha value is -12.7. The van der Waals surface area contributed by atoms with Crippen LogP contribution in [0.3, 0.4) is 0 Å². The third-order valence-electron chi connectivity index (χ3n) is 26.4. The Labute approximate surface area is 690 Å². The SMILES string of the molecule is Cc1cc(C)c(-c2cc3c4c(c2)Oc2cc(-c5ccccc5)ccc2B4c2cc4c(cc2N3)N(c2c(C)cc(C)cc2C)c2cc(-c3c(C)cc(C)cc3C)cc3c2B4c2cc4c(cc2N3c2c(C)cc(C)cc2C)N(c2c(C)cc(C)cc2C)c2cc(-c3c(C)cc(C)cc3C)cc3c2B4c2ccc(-c4ccccc4)cc2O3)c(C)c1. The van der Waals surface area contributed by atoms with Gasteiger partial charge in [0.2, 0.25) is 0 Å². The molecule has 1 N–H and O–H groups in total. The third-order valence-corrected chi connectivity index (χ3v) is 26.4. The van der Waals surface area contributed by atoms with Crippen LogP contribution in [0, 0.1) is 125 Å². The summed E-state index contributed by atoms with van der Waals surface area (Å²) in [6, 6.07) is 89.5. The number of nitrogens with zero attached hydrogens (tertiary/aromatic N) is 3. The molecular weight excluding hydrogens is 1420 g/mol. The quantitative estimate of drug-likeness (QED) is 0.153. The van der Waals surface area contributed by atoms with Gasteiger partial charge in [-0.2, -0.15) is 0 Å². The van der Waals surface area contributed by atoms with E-state index in [4.69, 9.17) is 9.47 Å². The Morgan fingerprint density at radius 3 is 0.915 bits per heavy atom. The van der Waals surface area contributed by atoms with Crippen LogP contribution >= 0.6 is 0 Å². The topological polar surface area (TPSA) is 40.2 Å². The van der Waals surface area contributed by atoms with Gasteiger partial charge >= 0.3 is 0 Å². The Morgan fingerprint density at radius 2 is 0.521 bits per heavy atom. The fourth-order valence-electron chi connectivity index (χ4n) is 22.6. The summed E-state index contributed by atoms with van der Waals surface area (Å²) in [5, 5.41) is 4.30. The molecule has 15 aromatic rings. The highest BCUT2D eigenvalue weighted by atomic mass is 16.5. The van der Waals surface area contributed by atoms with E-state index in [1.54, 1.807) is 0 Å². The molecule has 6 nitrogen and oxygen atoms in total. The van der Waals surface area contributed by atoms with Crippen molar-refractivity contribution >= 4 is 132 Å². The van der Waals surface area contributed by atoms with Crippen LogP contribution in [0.25, 0.3) is 55.6 Å². The van der Waals surface area contributed by atoms with Gasteiger partial charge in [-0.15, -0.1) is 0 Å². The number of benzene rings is 15. The number of anilines is 11. The lowest BCUT2D eigenvalue weighted by atomic mass is 9.29. The molecule has 0 bridgehead atoms. The first kappa shape index (κ1) is 72.0. The summed E-state index contributed by atoms with van der Waals surface area (Å²) in [6.45, 7) is 40.3. The van der Waals surface area contributed by atoms with Crippen LogP contribution in [0.2, 0.25) is 0 Å². The van der Waals surface area contributed by atoms with Crippen molar-refractivity contribution in [3.8, 4) is 78.6 Å². The molecule has 0 saturated carbocycles. The van der Waals surface area contributed by atoms with Crippen LogP contribution in [0.15, 0.2) is 231 Å². The Balaban J connectivity index is 0.917. The Kier molecular flexibility index (Phi) is 16.3. The summed E-state index contributed by atoms with van der Waals surface area (Å²) >= 11 is 0. The molecule has 0 fully saturated rings. The maximum absolute atomic E-state index is 7.72. The minimum absolute atomic E-state index is 0.214. The molecule has 15 aromatic carbocycles. The molecule has 6 heterocycles. The van der Waals surface area contributed by atoms with Crippen molar-refractivity contribution in [2.24, 2.45) is 0 Å². The molecule has 0 aliphatic carbocycles. The molecule has 0 unspecified atom stereocenters. The summed E-state index contributed by atoms with van der Waals surface area (Å²) in [5.41, 5.74) is 57.3. The number of nitrogens with one attached hydrogen (secondary N) is 1. The summed E-state index contributed by atoms with van der Waals surface area (Å²) in [5.74, 6) is 3.49. The van der Waals surface area contributed by atoms with Crippen molar-refractivity contribution < 1.29 is 9.47 Å². The first-order valence-corrected chi connectivity index (χ1v) is 41.7. The first-order valence-electron chi connectivity index (χ1n) is 41.7. The van der Waals surface area contributed by atoms with Gasteiger partial charge in [-0.1, -0.05) is 203 Å². The molecule has 6 aliphatic rings. The van der Waals surface area contributed by atoms with E-state index in [1.807, 2.05) is 0 Å². The fraction of sp³-hybridized carbons (Fsp3) is 0.167. The highest BCUT2D eigenvalue weighted by Crippen LogP contribution is 2.54. The van der Waals surface area contributed by atoms with E-state index in [9.17, 15) is 0 Å². The second-order valence-corrected chi connectivity index (χ2v) is 35.2. The van der Waals surface area contributed by atoms with E-state index in [1.165, 1.54) is 184 Å². The molecule has 9 heteroatoms. The van der Waals surface area contributed by atoms with Gasteiger partial charge in [-0.05, 0) is 357 Å². The largest absolute Gasteiger partial charge is 0.458 e. The average Bonchev–Trinajstić information content (AvgIpc) is 0.678. The van der Waals surface area contributed by atoms with Crippen molar-refractivity contribution in [3.63, 3.8) is 0 Å². The van der Waals surface area contributed by atoms with E-state index in [0.717, 1.165) is 107 Å². The lowest BCUT2D eigenvalue weighted by Gasteiger charge is -2.48. The molecule has 0 spiro atoms. The lowest BCUT2D eigenvalue weighted by molar-refractivity contribution is 0.487. The maximum Gasteiger partial charge on any atom is 0.256 e. The molecule has 566 valence electrons. The van der Waals surface area contributed by atoms with E-state index in [2.05, 4.69) is 375 Å². The van der Waals surface area contributed by atoms with Gasteiger partial charge in [0.25, 0.3) is 20.1 Å². The van der Waals surface area contributed by atoms with E-state index < -0.39 is 0 Å². The number of hydrogen-bond acceptors (Lipinski definition) is 6. The molecule has 0 aromatic heterocycles. The predicted molar refractivity (Wildman–Crippen MR) is 500 cm³/mol. The second kappa shape index (κ2) is 26.4. The number of rotatable bonds is 8. The molecule has 117 heavy (non-hydrogen) atoms. The smallest absolute Gasteiger partial charge is 0.256 e. The number of ether oxygens (including phenoxy) is 2. The first-order chi connectivity index (χ1) is 56.4. The highest BCUT2D eigenvalue weighted by Gasteiger charge is 2.51. The third kappa shape index (κ3) is 11.1. The highest BCUT2D eigenvalue weighted by molar-refractivity contribution is 7.04. The average molecular weight is 1510 g/mol. The summed E-state index contributed by atoms with van der Waals surface area (Å²) < 4.78 is 15.2. The van der Waals surface area contributed by atoms with Crippen molar-refractivity contribution in [3.05, 3.63) is 331 Å². The van der Waals surface area contributed by atoms with Crippen LogP contribution < -0.4 is 78.7 Å². The molecule has 6 aliphatic heterocycles. The number of fused-ring (bicyclic) bond motifs is 12. The predicted octanol–water partition coefficient (Wildman–Crippen LogP) is 22.7. The summed E-state index contributed by atoms with van der Waals surface area (Å²) in [7, 11) is 0. The van der Waals surface area contributed by atoms with Crippen LogP contribution in [0.4, 0.5) is 62.6 Å². The minimum Gasteiger partial charge on any atom is -0.458 e. The van der Waals surface area contributed by atoms with Gasteiger partial charge in [0.05, 0.1) is 17.1 Å². The normalized spacial score (nSPS) is 13.3. The van der Waals surface area contributed by atoms with Crippen molar-refractivity contribution in [1.29, 1.82) is 0 Å². The molecule has 0 saturated heterocycles. The number of hydrogen-bond donors (Lipinski definition) is 1. The van der Waals surface area contributed by atoms with Gasteiger partial charge in [0.1, 0.15) is 23.0 Å². The van der Waals surface area contributed by atoms with E-state index in [-0.39, 0.29) is 20.1 Å². The second-order valence-electron chi connectivity index (χ2n) is 35.2. The zero-order valence-corrected chi connectivity index (χ0v) is 70.3. The van der Waals surface area contributed by atoms with Gasteiger partial charge in [-0.25, -0.2) is 0 Å². The van der Waals surface area contributed by atoms with E-state index >= 15 is 0 Å². The van der Waals surface area contributed by atoms with Gasteiger partial charge in [0, 0.05) is 45.5 Å². The summed E-state index contributed by atoms with van der Waals surface area (Å²) in [6.07, 6.45) is 0. The van der Waals surface area contributed by atoms with E-state index in [0.29, 0.717) is 0 Å². The fourth-order valence-corrected chi connectivity index (χ4v) is 22.6. The molecule has 0 radical (unpaired) electrons. The van der Waals surface area contributed by atoms with Crippen LogP contribution in [-0.4, -0.2) is 20.1 Å². The van der Waals surface area contributed by atoms with Crippen molar-refractivity contribution in [2.75, 3.05) is 20.0 Å². The molecule has 0 atom stereocenters. The minimum atomic E-state index is -0.322. The van der Waals surface area contributed by atoms with Crippen LogP contribution in [0.1, 0.15) is 100 Å². The van der Waals surface area contributed by atoms with Crippen LogP contribution in [-0.2, 0) is 0 Å². The zero-order valence-electron chi connectivity index (χ0n) is 70.3. The summed E-state index contributed by atoms with van der Waals surface area (Å²) in [4.78, 5) is 8.11. The van der Waals surface area contributed by atoms with Crippen molar-refractivity contribution in [1.82, 2.24) is 0 Å². The number of aryl methyl sites for hydroxylation is 18. The standard InChI is InChI=1S/C108H93B3N4O2/c1-57-33-63(7)100(64(8)34-57)79-45-89-103-98(51-79)116-96-49-77(75-25-21-19-22-26-75)29-31-82(96)109(103)84-53-85-90(55-88(84)112-89)113(106-69(13)39-60(4)40-70(106)14)93-46-80(101-65(9)35-58(2)36-66(101)10)47-94-104(93)111(85)87-54-86-91(56-92(87)114(94)107-71(15)41-61(5)42-72(107)16)115(108-73(17)43-62(6)44-74(108)18)95-48-81(102-67(11)37-59(3)38-68(102)12)52-99-105(95)110(86)83-32-30-78(50-97(83)117-99)76-27-23-20-24-28-76/h19-56,112H,1-18H3. The lowest BCUT2D eigenvalue weighted by Crippen LogP contribution is -2.66. The molecular formula is C108H93B3N4O2.